The first kappa shape index (κ1) is 9.65. The van der Waals surface area contributed by atoms with Crippen LogP contribution in [-0.2, 0) is 19.4 Å². The highest BCUT2D eigenvalue weighted by Gasteiger charge is 2.22. The molecule has 1 unspecified atom stereocenters. The highest BCUT2D eigenvalue weighted by Crippen LogP contribution is 2.22. The Kier molecular flexibility index (Phi) is 2.82. The monoisotopic (exact) mass is 194 g/mol. The van der Waals surface area contributed by atoms with Crippen LogP contribution in [0, 0.1) is 5.92 Å². The van der Waals surface area contributed by atoms with Crippen LogP contribution in [0.3, 0.4) is 0 Å². The van der Waals surface area contributed by atoms with Crippen molar-refractivity contribution in [3.63, 3.8) is 0 Å². The van der Waals surface area contributed by atoms with Crippen LogP contribution in [0.15, 0.2) is 0 Å². The average molecular weight is 194 g/mol. The molecule has 0 fully saturated rings. The molecule has 0 aromatic carbocycles. The van der Waals surface area contributed by atoms with Gasteiger partial charge in [0.1, 0.15) is 0 Å². The predicted molar refractivity (Wildman–Crippen MR) is 55.1 cm³/mol. The van der Waals surface area contributed by atoms with E-state index in [1.807, 2.05) is 11.8 Å². The largest absolute Gasteiger partial charge is 0.319 e. The maximum absolute atomic E-state index is 4.48. The highest BCUT2D eigenvalue weighted by molar-refractivity contribution is 5.13. The number of nitrogens with zero attached hydrogens (tertiary/aromatic N) is 3. The molecule has 14 heavy (non-hydrogen) atoms. The van der Waals surface area contributed by atoms with E-state index in [2.05, 4.69) is 22.4 Å². The first-order valence-electron chi connectivity index (χ1n) is 5.41. The quantitative estimate of drug-likeness (QED) is 0.767. The van der Waals surface area contributed by atoms with Crippen LogP contribution in [0.5, 0.6) is 0 Å². The molecule has 0 bridgehead atoms. The van der Waals surface area contributed by atoms with E-state index in [1.54, 1.807) is 0 Å². The van der Waals surface area contributed by atoms with Crippen molar-refractivity contribution in [1.29, 1.82) is 0 Å². The van der Waals surface area contributed by atoms with Gasteiger partial charge in [0.15, 0.2) is 0 Å². The lowest BCUT2D eigenvalue weighted by Gasteiger charge is -2.19. The van der Waals surface area contributed by atoms with Gasteiger partial charge >= 0.3 is 0 Å². The number of rotatable bonds is 3. The van der Waals surface area contributed by atoms with Crippen LogP contribution in [0.25, 0.3) is 0 Å². The summed E-state index contributed by atoms with van der Waals surface area (Å²) in [7, 11) is 2.01. The fraction of sp³-hybridized carbons (Fsp3) is 0.800. The third kappa shape index (κ3) is 1.80. The summed E-state index contributed by atoms with van der Waals surface area (Å²) >= 11 is 0. The molecule has 1 aromatic heterocycles. The second-order valence-electron chi connectivity index (χ2n) is 3.95. The minimum absolute atomic E-state index is 0.745. The SMILES string of the molecule is CCn1nc2c(n1)CC(CNC)CC2. The minimum Gasteiger partial charge on any atom is -0.319 e. The van der Waals surface area contributed by atoms with Crippen LogP contribution in [0.1, 0.15) is 24.7 Å². The lowest BCUT2D eigenvalue weighted by molar-refractivity contribution is 0.433. The number of fused-ring (bicyclic) bond motifs is 1. The fourth-order valence-electron chi connectivity index (χ4n) is 2.09. The Labute approximate surface area is 84.7 Å². The number of nitrogens with one attached hydrogen (secondary N) is 1. The summed E-state index contributed by atoms with van der Waals surface area (Å²) in [4.78, 5) is 1.81. The summed E-state index contributed by atoms with van der Waals surface area (Å²) in [6, 6.07) is 0. The van der Waals surface area contributed by atoms with Gasteiger partial charge in [0.2, 0.25) is 0 Å². The van der Waals surface area contributed by atoms with Gasteiger partial charge in [0, 0.05) is 0 Å². The van der Waals surface area contributed by atoms with Gasteiger partial charge in [0.25, 0.3) is 0 Å². The molecule has 1 heterocycles. The molecule has 0 radical (unpaired) electrons. The first-order chi connectivity index (χ1) is 6.83. The topological polar surface area (TPSA) is 42.7 Å². The predicted octanol–water partition coefficient (Wildman–Crippen LogP) is 0.622. The molecular formula is C10H18N4. The van der Waals surface area contributed by atoms with Gasteiger partial charge < -0.3 is 5.32 Å². The fourth-order valence-corrected chi connectivity index (χ4v) is 2.09. The van der Waals surface area contributed by atoms with E-state index < -0.39 is 0 Å². The molecule has 0 aliphatic heterocycles. The summed E-state index contributed by atoms with van der Waals surface area (Å²) < 4.78 is 0. The van der Waals surface area contributed by atoms with Gasteiger partial charge in [-0.05, 0) is 45.7 Å². The van der Waals surface area contributed by atoms with E-state index in [-0.39, 0.29) is 0 Å². The van der Waals surface area contributed by atoms with Crippen LogP contribution in [0.4, 0.5) is 0 Å². The minimum atomic E-state index is 0.745. The third-order valence-electron chi connectivity index (χ3n) is 2.85. The van der Waals surface area contributed by atoms with Crippen molar-refractivity contribution in [2.24, 2.45) is 5.92 Å². The molecule has 0 spiro atoms. The van der Waals surface area contributed by atoms with Crippen molar-refractivity contribution >= 4 is 0 Å². The van der Waals surface area contributed by atoms with E-state index in [4.69, 9.17) is 0 Å². The molecular weight excluding hydrogens is 176 g/mol. The molecule has 0 saturated carbocycles. The Morgan fingerprint density at radius 3 is 2.93 bits per heavy atom. The van der Waals surface area contributed by atoms with Crippen molar-refractivity contribution in [3.8, 4) is 0 Å². The molecule has 4 nitrogen and oxygen atoms in total. The maximum Gasteiger partial charge on any atom is 0.0862 e. The second kappa shape index (κ2) is 4.09. The van der Waals surface area contributed by atoms with Crippen molar-refractivity contribution < 1.29 is 0 Å². The Hall–Kier alpha value is -0.900. The van der Waals surface area contributed by atoms with E-state index in [0.29, 0.717) is 0 Å². The number of hydrogen-bond acceptors (Lipinski definition) is 3. The van der Waals surface area contributed by atoms with E-state index >= 15 is 0 Å². The molecule has 1 N–H and O–H groups in total. The number of hydrogen-bond donors (Lipinski definition) is 1. The number of aromatic nitrogens is 3. The summed E-state index contributed by atoms with van der Waals surface area (Å²) in [5.41, 5.74) is 2.44. The third-order valence-corrected chi connectivity index (χ3v) is 2.85. The summed E-state index contributed by atoms with van der Waals surface area (Å²) in [6.07, 6.45) is 3.44. The molecule has 1 aliphatic carbocycles. The molecule has 78 valence electrons. The zero-order chi connectivity index (χ0) is 9.97. The van der Waals surface area contributed by atoms with Crippen molar-refractivity contribution in [2.75, 3.05) is 13.6 Å². The van der Waals surface area contributed by atoms with Crippen LogP contribution < -0.4 is 5.32 Å². The molecule has 1 aliphatic rings. The summed E-state index contributed by atoms with van der Waals surface area (Å²) in [5.74, 6) is 0.745. The number of aryl methyl sites for hydroxylation is 2. The van der Waals surface area contributed by atoms with Crippen molar-refractivity contribution in [3.05, 3.63) is 11.4 Å². The standard InChI is InChI=1S/C10H18N4/c1-3-14-12-9-5-4-8(7-11-2)6-10(9)13-14/h8,11H,3-7H2,1-2H3. The van der Waals surface area contributed by atoms with Crippen LogP contribution in [0.2, 0.25) is 0 Å². The van der Waals surface area contributed by atoms with Gasteiger partial charge in [-0.1, -0.05) is 0 Å². The zero-order valence-electron chi connectivity index (χ0n) is 8.95. The highest BCUT2D eigenvalue weighted by atomic mass is 15.5. The smallest absolute Gasteiger partial charge is 0.0862 e. The summed E-state index contributed by atoms with van der Waals surface area (Å²) in [5, 5.41) is 12.2. The van der Waals surface area contributed by atoms with Crippen LogP contribution in [-0.4, -0.2) is 28.6 Å². The van der Waals surface area contributed by atoms with Gasteiger partial charge in [-0.15, -0.1) is 0 Å². The van der Waals surface area contributed by atoms with E-state index in [0.717, 1.165) is 31.8 Å². The van der Waals surface area contributed by atoms with Crippen LogP contribution >= 0.6 is 0 Å². The molecule has 1 aromatic rings. The average Bonchev–Trinajstić information content (AvgIpc) is 2.60. The van der Waals surface area contributed by atoms with Gasteiger partial charge in [0.05, 0.1) is 17.9 Å². The molecule has 4 heteroatoms. The maximum atomic E-state index is 4.48. The van der Waals surface area contributed by atoms with E-state index in [9.17, 15) is 0 Å². The molecule has 1 atom stereocenters. The molecule has 0 saturated heterocycles. The Morgan fingerprint density at radius 1 is 1.43 bits per heavy atom. The zero-order valence-corrected chi connectivity index (χ0v) is 8.95. The Morgan fingerprint density at radius 2 is 2.21 bits per heavy atom. The molecule has 0 amide bonds. The van der Waals surface area contributed by atoms with Gasteiger partial charge in [-0.25, -0.2) is 0 Å². The normalized spacial score (nSPS) is 20.9. The van der Waals surface area contributed by atoms with Gasteiger partial charge in [-0.2, -0.15) is 15.0 Å². The first-order valence-corrected chi connectivity index (χ1v) is 5.41. The van der Waals surface area contributed by atoms with Gasteiger partial charge in [-0.3, -0.25) is 0 Å². The Bertz CT molecular complexity index is 305. The van der Waals surface area contributed by atoms with Crippen molar-refractivity contribution in [2.45, 2.75) is 32.7 Å². The van der Waals surface area contributed by atoms with Crippen molar-refractivity contribution in [1.82, 2.24) is 20.3 Å². The summed E-state index contributed by atoms with van der Waals surface area (Å²) in [6.45, 7) is 4.05. The molecule has 2 rings (SSSR count). The lowest BCUT2D eigenvalue weighted by atomic mass is 9.90. The second-order valence-corrected chi connectivity index (χ2v) is 3.95. The lowest BCUT2D eigenvalue weighted by Crippen LogP contribution is -2.24. The Balaban J connectivity index is 2.09. The van der Waals surface area contributed by atoms with E-state index in [1.165, 1.54) is 17.8 Å².